The van der Waals surface area contributed by atoms with E-state index in [1.165, 1.54) is 12.8 Å². The van der Waals surface area contributed by atoms with Crippen molar-refractivity contribution in [1.82, 2.24) is 24.7 Å². The maximum Gasteiger partial charge on any atom is 0.257 e. The predicted molar refractivity (Wildman–Crippen MR) is 67.2 cm³/mol. The van der Waals surface area contributed by atoms with E-state index >= 15 is 0 Å². The van der Waals surface area contributed by atoms with Crippen LogP contribution in [0, 0.1) is 5.92 Å². The van der Waals surface area contributed by atoms with Gasteiger partial charge in [0.2, 0.25) is 11.9 Å². The smallest absolute Gasteiger partial charge is 0.257 e. The third-order valence-corrected chi connectivity index (χ3v) is 2.88. The average Bonchev–Trinajstić information content (AvgIpc) is 3.01. The Kier molecular flexibility index (Phi) is 2.79. The van der Waals surface area contributed by atoms with Crippen LogP contribution in [0.3, 0.4) is 0 Å². The molecular weight excluding hydrogens is 230 g/mol. The zero-order valence-corrected chi connectivity index (χ0v) is 9.95. The van der Waals surface area contributed by atoms with Gasteiger partial charge in [-0.25, -0.2) is 4.68 Å². The number of anilines is 2. The number of nitrogens with one attached hydrogen (secondary N) is 1. The number of hydrogen-bond acceptors (Lipinski definition) is 6. The summed E-state index contributed by atoms with van der Waals surface area (Å²) >= 11 is 0. The summed E-state index contributed by atoms with van der Waals surface area (Å²) in [6, 6.07) is 1.81. The molecule has 1 fully saturated rings. The highest BCUT2D eigenvalue weighted by Crippen LogP contribution is 2.31. The summed E-state index contributed by atoms with van der Waals surface area (Å²) in [7, 11) is 0. The monoisotopic (exact) mass is 245 g/mol. The Bertz CT molecular complexity index is 518. The first-order chi connectivity index (χ1) is 8.81. The lowest BCUT2D eigenvalue weighted by atomic mass is 10.3. The number of nitrogens with two attached hydrogens (primary N) is 1. The lowest BCUT2D eigenvalue weighted by Crippen LogP contribution is -2.12. The van der Waals surface area contributed by atoms with Crippen molar-refractivity contribution in [1.29, 1.82) is 0 Å². The Balaban J connectivity index is 1.72. The van der Waals surface area contributed by atoms with E-state index in [-0.39, 0.29) is 5.95 Å². The largest absolute Gasteiger partial charge is 0.368 e. The van der Waals surface area contributed by atoms with Crippen molar-refractivity contribution in [2.45, 2.75) is 19.3 Å². The SMILES string of the molecule is Nc1nc(NCCC2CC2)nc(-n2cccn2)n1. The topological polar surface area (TPSA) is 94.5 Å². The van der Waals surface area contributed by atoms with Crippen LogP contribution in [-0.2, 0) is 0 Å². The van der Waals surface area contributed by atoms with Crippen molar-refractivity contribution in [3.63, 3.8) is 0 Å². The molecule has 0 saturated heterocycles. The zero-order chi connectivity index (χ0) is 12.4. The molecule has 0 atom stereocenters. The van der Waals surface area contributed by atoms with E-state index in [0.29, 0.717) is 11.9 Å². The van der Waals surface area contributed by atoms with Crippen LogP contribution in [0.5, 0.6) is 0 Å². The van der Waals surface area contributed by atoms with Crippen molar-refractivity contribution < 1.29 is 0 Å². The second kappa shape index (κ2) is 4.59. The average molecular weight is 245 g/mol. The number of nitrogens with zero attached hydrogens (tertiary/aromatic N) is 5. The molecule has 3 N–H and O–H groups in total. The van der Waals surface area contributed by atoms with Crippen molar-refractivity contribution in [3.8, 4) is 5.95 Å². The first-order valence-corrected chi connectivity index (χ1v) is 6.07. The Morgan fingerprint density at radius 3 is 2.94 bits per heavy atom. The molecule has 0 amide bonds. The Labute approximate surface area is 104 Å². The predicted octanol–water partition coefficient (Wildman–Crippen LogP) is 0.851. The molecule has 94 valence electrons. The van der Waals surface area contributed by atoms with Crippen molar-refractivity contribution >= 4 is 11.9 Å². The normalized spacial score (nSPS) is 14.7. The molecule has 7 heteroatoms. The molecule has 0 radical (unpaired) electrons. The van der Waals surface area contributed by atoms with E-state index in [2.05, 4.69) is 25.4 Å². The Hall–Kier alpha value is -2.18. The Morgan fingerprint density at radius 2 is 2.22 bits per heavy atom. The van der Waals surface area contributed by atoms with Crippen LogP contribution in [0.25, 0.3) is 5.95 Å². The third-order valence-electron chi connectivity index (χ3n) is 2.88. The first-order valence-electron chi connectivity index (χ1n) is 6.07. The van der Waals surface area contributed by atoms with Crippen molar-refractivity contribution in [3.05, 3.63) is 18.5 Å². The van der Waals surface area contributed by atoms with Crippen LogP contribution in [0.4, 0.5) is 11.9 Å². The van der Waals surface area contributed by atoms with E-state index in [9.17, 15) is 0 Å². The van der Waals surface area contributed by atoms with Gasteiger partial charge in [0.15, 0.2) is 0 Å². The maximum atomic E-state index is 5.67. The fourth-order valence-corrected chi connectivity index (χ4v) is 1.74. The molecule has 0 bridgehead atoms. The molecule has 1 saturated carbocycles. The van der Waals surface area contributed by atoms with Crippen LogP contribution in [0.1, 0.15) is 19.3 Å². The van der Waals surface area contributed by atoms with E-state index in [1.807, 2.05) is 0 Å². The molecule has 0 aromatic carbocycles. The van der Waals surface area contributed by atoms with Crippen LogP contribution >= 0.6 is 0 Å². The second-order valence-electron chi connectivity index (χ2n) is 4.43. The first kappa shape index (κ1) is 10.9. The number of nitrogen functional groups attached to an aromatic ring is 1. The van der Waals surface area contributed by atoms with Gasteiger partial charge in [0.25, 0.3) is 5.95 Å². The molecule has 2 aromatic rings. The summed E-state index contributed by atoms with van der Waals surface area (Å²) in [5.41, 5.74) is 5.67. The van der Waals surface area contributed by atoms with Gasteiger partial charge < -0.3 is 11.1 Å². The van der Waals surface area contributed by atoms with Gasteiger partial charge in [-0.3, -0.25) is 0 Å². The summed E-state index contributed by atoms with van der Waals surface area (Å²) < 4.78 is 1.56. The molecule has 0 spiro atoms. The molecule has 3 rings (SSSR count). The highest BCUT2D eigenvalue weighted by molar-refractivity contribution is 5.34. The third kappa shape index (κ3) is 2.55. The summed E-state index contributed by atoms with van der Waals surface area (Å²) in [4.78, 5) is 12.4. The van der Waals surface area contributed by atoms with Crippen molar-refractivity contribution in [2.24, 2.45) is 5.92 Å². The Morgan fingerprint density at radius 1 is 1.33 bits per heavy atom. The van der Waals surface area contributed by atoms with Gasteiger partial charge in [-0.1, -0.05) is 12.8 Å². The van der Waals surface area contributed by atoms with Gasteiger partial charge in [-0.05, 0) is 18.4 Å². The van der Waals surface area contributed by atoms with E-state index in [0.717, 1.165) is 18.9 Å². The minimum atomic E-state index is 0.199. The van der Waals surface area contributed by atoms with Gasteiger partial charge in [-0.15, -0.1) is 0 Å². The standard InChI is InChI=1S/C11H15N7/c12-9-15-10(13-6-4-8-2-3-8)17-11(16-9)18-7-1-5-14-18/h1,5,7-8H,2-4,6H2,(H3,12,13,15,16,17). The molecule has 2 aromatic heterocycles. The van der Waals surface area contributed by atoms with E-state index < -0.39 is 0 Å². The molecule has 18 heavy (non-hydrogen) atoms. The highest BCUT2D eigenvalue weighted by atomic mass is 15.4. The maximum absolute atomic E-state index is 5.67. The van der Waals surface area contributed by atoms with Crippen LogP contribution in [0.15, 0.2) is 18.5 Å². The summed E-state index contributed by atoms with van der Waals surface area (Å²) in [5, 5.41) is 7.24. The lowest BCUT2D eigenvalue weighted by molar-refractivity contribution is 0.749. The highest BCUT2D eigenvalue weighted by Gasteiger charge is 2.20. The second-order valence-corrected chi connectivity index (χ2v) is 4.43. The molecule has 0 unspecified atom stereocenters. The fourth-order valence-electron chi connectivity index (χ4n) is 1.74. The molecule has 2 heterocycles. The van der Waals surface area contributed by atoms with Gasteiger partial charge in [0.05, 0.1) is 0 Å². The van der Waals surface area contributed by atoms with Gasteiger partial charge in [-0.2, -0.15) is 20.1 Å². The van der Waals surface area contributed by atoms with Gasteiger partial charge in [0, 0.05) is 18.9 Å². The quantitative estimate of drug-likeness (QED) is 0.811. The van der Waals surface area contributed by atoms with Crippen molar-refractivity contribution in [2.75, 3.05) is 17.6 Å². The fraction of sp³-hybridized carbons (Fsp3) is 0.455. The van der Waals surface area contributed by atoms with E-state index in [1.54, 1.807) is 23.1 Å². The molecule has 7 nitrogen and oxygen atoms in total. The minimum absolute atomic E-state index is 0.199. The number of rotatable bonds is 5. The van der Waals surface area contributed by atoms with Gasteiger partial charge >= 0.3 is 0 Å². The summed E-state index contributed by atoms with van der Waals surface area (Å²) in [6.07, 6.45) is 7.28. The van der Waals surface area contributed by atoms with Crippen LogP contribution in [0.2, 0.25) is 0 Å². The number of hydrogen-bond donors (Lipinski definition) is 2. The number of aromatic nitrogens is 5. The lowest BCUT2D eigenvalue weighted by Gasteiger charge is -2.06. The minimum Gasteiger partial charge on any atom is -0.368 e. The van der Waals surface area contributed by atoms with Crippen LogP contribution in [-0.4, -0.2) is 31.3 Å². The van der Waals surface area contributed by atoms with Gasteiger partial charge in [0.1, 0.15) is 0 Å². The summed E-state index contributed by atoms with van der Waals surface area (Å²) in [6.45, 7) is 0.868. The van der Waals surface area contributed by atoms with Crippen LogP contribution < -0.4 is 11.1 Å². The zero-order valence-electron chi connectivity index (χ0n) is 9.95. The van der Waals surface area contributed by atoms with E-state index in [4.69, 9.17) is 5.73 Å². The molecule has 1 aliphatic carbocycles. The molecular formula is C11H15N7. The molecule has 0 aliphatic heterocycles. The summed E-state index contributed by atoms with van der Waals surface area (Å²) in [5.74, 6) is 2.02. The molecule has 1 aliphatic rings.